The SMILES string of the molecule is C/C=c1\nc(OC)/c(=C/c2ccc(-c3cc(CCCCCCCCCCCCCCCCC)c4c(sc5cc6c(cc54)sc4c(CCCCCCCCCCCCCCCCC)c(-c5ccc(C)s5)cc(CCCCCCCCCCCCCCCCC)c46)c3CCCCCCCCCCCCCCCCC)s2)nc1OC. The molecule has 5 aromatic heterocycles. The van der Waals surface area contributed by atoms with Gasteiger partial charge in [-0.25, -0.2) is 9.97 Å². The first kappa shape index (κ1) is 93.4. The van der Waals surface area contributed by atoms with Gasteiger partial charge in [-0.3, -0.25) is 0 Å². The van der Waals surface area contributed by atoms with Crippen LogP contribution in [0, 0.1) is 6.92 Å². The van der Waals surface area contributed by atoms with Gasteiger partial charge in [0.15, 0.2) is 0 Å². The van der Waals surface area contributed by atoms with E-state index in [1.807, 2.05) is 35.7 Å². The third kappa shape index (κ3) is 33.0. The van der Waals surface area contributed by atoms with Crippen LogP contribution in [0.5, 0.6) is 11.8 Å². The minimum Gasteiger partial charge on any atom is -0.479 e. The minimum atomic E-state index is 0.522. The quantitative estimate of drug-likeness (QED) is 0.0356. The molecular weight excluding hydrogens is 1440 g/mol. The molecule has 0 atom stereocenters. The molecule has 0 fully saturated rings. The molecule has 0 aliphatic heterocycles. The van der Waals surface area contributed by atoms with Crippen LogP contribution in [-0.2, 0) is 25.7 Å². The van der Waals surface area contributed by atoms with Crippen LogP contribution in [0.1, 0.15) is 452 Å². The molecule has 0 bridgehead atoms. The number of methoxy groups -OCH3 is 2. The molecule has 0 spiro atoms. The van der Waals surface area contributed by atoms with Gasteiger partial charge in [0.05, 0.1) is 14.2 Å². The molecule has 624 valence electrons. The van der Waals surface area contributed by atoms with E-state index < -0.39 is 0 Å². The summed E-state index contributed by atoms with van der Waals surface area (Å²) in [5.74, 6) is 1.05. The van der Waals surface area contributed by atoms with E-state index in [1.54, 1.807) is 62.2 Å². The standard InChI is InChI=1S/C104H162N2O2S4/c1-9-14-18-22-26-30-34-38-42-46-50-54-58-62-66-70-84-78-89(95-76-74-83(6)109-95)87(72-68-64-60-56-52-48-44-40-36-32-28-24-20-16-11-3)101-99(84)91-81-98-92(82-97(91)111-101)100-85(71-67-63-59-55-51-47-43-39-35-31-27-23-19-15-10-2)79-90(96-77-75-86(110-96)80-94-104(108-8)105-93(13-5)103(106-94)107-7)88(102(100)112-98)73-69-65-61-57-53-49-45-41-37-33-29-25-21-17-12-4/h13,74-82H,9-12,14-73H2,1-8H3/b93-13-,94-80-. The van der Waals surface area contributed by atoms with Crippen molar-refractivity contribution in [2.45, 2.75) is 452 Å². The summed E-state index contributed by atoms with van der Waals surface area (Å²) in [6, 6.07) is 20.5. The summed E-state index contributed by atoms with van der Waals surface area (Å²) in [6.45, 7) is 13.6. The molecule has 112 heavy (non-hydrogen) atoms. The fourth-order valence-corrected chi connectivity index (χ4v) is 22.6. The van der Waals surface area contributed by atoms with E-state index in [-0.39, 0.29) is 0 Å². The molecule has 8 rings (SSSR count). The molecular formula is C104H162N2O2S4. The number of nitrogens with zero attached hydrogens (tertiary/aromatic N) is 2. The Morgan fingerprint density at radius 1 is 0.304 bits per heavy atom. The van der Waals surface area contributed by atoms with Crippen LogP contribution < -0.4 is 20.2 Å². The molecule has 8 heteroatoms. The number of ether oxygens (including phenoxy) is 2. The van der Waals surface area contributed by atoms with Crippen molar-refractivity contribution >= 4 is 97.8 Å². The van der Waals surface area contributed by atoms with Crippen molar-refractivity contribution in [2.24, 2.45) is 0 Å². The normalized spacial score (nSPS) is 12.4. The summed E-state index contributed by atoms with van der Waals surface area (Å²) in [5.41, 5.74) is 9.38. The lowest BCUT2D eigenvalue weighted by Crippen LogP contribution is -2.23. The summed E-state index contributed by atoms with van der Waals surface area (Å²) in [4.78, 5) is 15.2. The second kappa shape index (κ2) is 57.9. The van der Waals surface area contributed by atoms with E-state index in [0.29, 0.717) is 22.5 Å². The van der Waals surface area contributed by atoms with Crippen LogP contribution in [0.25, 0.3) is 73.4 Å². The monoisotopic (exact) mass is 1600 g/mol. The number of aryl methyl sites for hydroxylation is 5. The van der Waals surface area contributed by atoms with Gasteiger partial charge in [0.2, 0.25) is 11.8 Å². The molecule has 5 heterocycles. The summed E-state index contributed by atoms with van der Waals surface area (Å²) in [6.07, 6.45) is 92.2. The van der Waals surface area contributed by atoms with Crippen molar-refractivity contribution in [1.29, 1.82) is 0 Å². The zero-order chi connectivity index (χ0) is 78.7. The van der Waals surface area contributed by atoms with E-state index in [1.165, 1.54) is 432 Å². The van der Waals surface area contributed by atoms with Crippen LogP contribution in [-0.4, -0.2) is 24.2 Å². The highest BCUT2D eigenvalue weighted by molar-refractivity contribution is 7.28. The first-order valence-electron chi connectivity index (χ1n) is 48.1. The highest BCUT2D eigenvalue weighted by Gasteiger charge is 2.24. The summed E-state index contributed by atoms with van der Waals surface area (Å²) in [5, 5.41) is 7.59. The van der Waals surface area contributed by atoms with Gasteiger partial charge in [0.25, 0.3) is 0 Å². The lowest BCUT2D eigenvalue weighted by molar-refractivity contribution is 0.365. The van der Waals surface area contributed by atoms with Gasteiger partial charge in [-0.15, -0.1) is 45.3 Å². The molecule has 0 amide bonds. The van der Waals surface area contributed by atoms with Gasteiger partial charge in [0, 0.05) is 59.9 Å². The Morgan fingerprint density at radius 2 is 0.580 bits per heavy atom. The van der Waals surface area contributed by atoms with Gasteiger partial charge < -0.3 is 9.47 Å². The van der Waals surface area contributed by atoms with E-state index in [0.717, 1.165) is 24.1 Å². The number of benzene rings is 3. The predicted octanol–water partition coefficient (Wildman–Crippen LogP) is 35.3. The van der Waals surface area contributed by atoms with Gasteiger partial charge in [-0.1, -0.05) is 393 Å². The lowest BCUT2D eigenvalue weighted by Gasteiger charge is -2.15. The zero-order valence-electron chi connectivity index (χ0n) is 73.4. The van der Waals surface area contributed by atoms with Crippen molar-refractivity contribution in [3.8, 4) is 32.6 Å². The Bertz CT molecular complexity index is 3910. The Hall–Kier alpha value is -4.08. The smallest absolute Gasteiger partial charge is 0.240 e. The number of unbranched alkanes of at least 4 members (excludes halogenated alkanes) is 56. The fraction of sp³-hybridized carbons (Fsp3) is 0.692. The van der Waals surface area contributed by atoms with Crippen molar-refractivity contribution in [1.82, 2.24) is 9.97 Å². The molecule has 0 radical (unpaired) electrons. The Morgan fingerprint density at radius 3 is 0.875 bits per heavy atom. The van der Waals surface area contributed by atoms with Crippen LogP contribution in [0.2, 0.25) is 0 Å². The largest absolute Gasteiger partial charge is 0.479 e. The molecule has 3 aromatic carbocycles. The number of hydrogen-bond donors (Lipinski definition) is 0. The first-order chi connectivity index (χ1) is 55.3. The van der Waals surface area contributed by atoms with Crippen LogP contribution >= 0.6 is 45.3 Å². The van der Waals surface area contributed by atoms with Crippen LogP contribution in [0.4, 0.5) is 0 Å². The zero-order valence-corrected chi connectivity index (χ0v) is 76.6. The number of aromatic nitrogens is 2. The van der Waals surface area contributed by atoms with E-state index in [2.05, 4.69) is 112 Å². The maximum absolute atomic E-state index is 5.90. The third-order valence-corrected chi connectivity index (χ3v) is 29.4. The Kier molecular flexibility index (Phi) is 48.3. The van der Waals surface area contributed by atoms with Crippen molar-refractivity contribution in [3.05, 3.63) is 91.2 Å². The maximum atomic E-state index is 5.90. The number of fused-ring (bicyclic) bond motifs is 6. The molecule has 0 saturated heterocycles. The van der Waals surface area contributed by atoms with Crippen molar-refractivity contribution in [2.75, 3.05) is 14.2 Å². The number of thiophene rings is 4. The highest BCUT2D eigenvalue weighted by atomic mass is 32.1. The molecule has 0 aliphatic carbocycles. The predicted molar refractivity (Wildman–Crippen MR) is 506 cm³/mol. The van der Waals surface area contributed by atoms with Crippen LogP contribution in [0.15, 0.2) is 48.5 Å². The third-order valence-electron chi connectivity index (χ3n) is 24.9. The van der Waals surface area contributed by atoms with E-state index >= 15 is 0 Å². The molecule has 0 N–H and O–H groups in total. The van der Waals surface area contributed by atoms with Gasteiger partial charge >= 0.3 is 0 Å². The second-order valence-electron chi connectivity index (χ2n) is 34.4. The van der Waals surface area contributed by atoms with Gasteiger partial charge in [-0.05, 0) is 153 Å². The molecule has 0 aliphatic rings. The number of rotatable bonds is 69. The molecule has 0 unspecified atom stereocenters. The fourth-order valence-electron chi connectivity index (χ4n) is 18.0. The summed E-state index contributed by atoms with van der Waals surface area (Å²) >= 11 is 8.24. The Balaban J connectivity index is 1.12. The minimum absolute atomic E-state index is 0.522. The van der Waals surface area contributed by atoms with Gasteiger partial charge in [0.1, 0.15) is 10.7 Å². The van der Waals surface area contributed by atoms with E-state index in [4.69, 9.17) is 19.4 Å². The summed E-state index contributed by atoms with van der Waals surface area (Å²) < 4.78 is 17.8. The molecule has 8 aromatic rings. The number of hydrogen-bond acceptors (Lipinski definition) is 8. The van der Waals surface area contributed by atoms with Crippen LogP contribution in [0.3, 0.4) is 0 Å². The van der Waals surface area contributed by atoms with Crippen molar-refractivity contribution < 1.29 is 9.47 Å². The highest BCUT2D eigenvalue weighted by Crippen LogP contribution is 2.50. The second-order valence-corrected chi connectivity index (χ2v) is 38.9. The average Bonchev–Trinajstić information content (AvgIpc) is 1.56. The van der Waals surface area contributed by atoms with Gasteiger partial charge in [-0.2, -0.15) is 0 Å². The topological polar surface area (TPSA) is 44.2 Å². The van der Waals surface area contributed by atoms with Crippen molar-refractivity contribution in [3.63, 3.8) is 0 Å². The molecule has 4 nitrogen and oxygen atoms in total. The summed E-state index contributed by atoms with van der Waals surface area (Å²) in [7, 11) is 3.39. The first-order valence-corrected chi connectivity index (χ1v) is 51.3. The molecule has 0 saturated carbocycles. The van der Waals surface area contributed by atoms with E-state index in [9.17, 15) is 0 Å². The average molecular weight is 1600 g/mol. The lowest BCUT2D eigenvalue weighted by atomic mass is 9.90. The Labute approximate surface area is 702 Å². The maximum Gasteiger partial charge on any atom is 0.240 e.